The minimum atomic E-state index is 0.815. The van der Waals surface area contributed by atoms with Crippen LogP contribution in [0, 0.1) is 13.8 Å². The molecule has 17 heavy (non-hydrogen) atoms. The Hall–Kier alpha value is -1.77. The number of nitrogens with two attached hydrogens (primary N) is 1. The predicted octanol–water partition coefficient (Wildman–Crippen LogP) is 3.16. The molecule has 1 heterocycles. The van der Waals surface area contributed by atoms with E-state index >= 15 is 0 Å². The van der Waals surface area contributed by atoms with Gasteiger partial charge in [-0.2, -0.15) is 5.10 Å². The lowest BCUT2D eigenvalue weighted by Crippen LogP contribution is -1.96. The van der Waals surface area contributed by atoms with E-state index in [1.165, 1.54) is 5.56 Å². The number of hydrogen-bond donors (Lipinski definition) is 1. The third-order valence-corrected chi connectivity index (χ3v) is 2.90. The van der Waals surface area contributed by atoms with E-state index in [1.54, 1.807) is 0 Å². The Morgan fingerprint density at radius 2 is 2.00 bits per heavy atom. The molecule has 0 aliphatic rings. The van der Waals surface area contributed by atoms with Gasteiger partial charge in [0, 0.05) is 29.6 Å². The minimum absolute atomic E-state index is 0.815. The molecule has 3 nitrogen and oxygen atoms in total. The molecule has 0 atom stereocenters. The average Bonchev–Trinajstić information content (AvgIpc) is 2.64. The molecule has 0 amide bonds. The van der Waals surface area contributed by atoms with Gasteiger partial charge in [-0.3, -0.25) is 4.68 Å². The highest BCUT2D eigenvalue weighted by Gasteiger charge is 2.10. The largest absolute Gasteiger partial charge is 0.398 e. The van der Waals surface area contributed by atoms with Gasteiger partial charge in [-0.1, -0.05) is 18.6 Å². The Labute approximate surface area is 102 Å². The number of benzene rings is 1. The van der Waals surface area contributed by atoms with Crippen LogP contribution in [0.5, 0.6) is 0 Å². The summed E-state index contributed by atoms with van der Waals surface area (Å²) in [5, 5.41) is 4.51. The molecule has 0 fully saturated rings. The first-order valence-corrected chi connectivity index (χ1v) is 6.02. The van der Waals surface area contributed by atoms with E-state index in [1.807, 2.05) is 23.7 Å². The maximum Gasteiger partial charge on any atom is 0.0672 e. The van der Waals surface area contributed by atoms with Crippen molar-refractivity contribution in [2.75, 3.05) is 5.73 Å². The van der Waals surface area contributed by atoms with E-state index in [4.69, 9.17) is 5.73 Å². The Morgan fingerprint density at radius 1 is 1.24 bits per heavy atom. The van der Waals surface area contributed by atoms with E-state index in [9.17, 15) is 0 Å². The number of anilines is 1. The molecule has 0 aliphatic heterocycles. The Bertz CT molecular complexity index is 526. The number of nitrogens with zero attached hydrogens (tertiary/aromatic N) is 2. The number of aryl methyl sites for hydroxylation is 3. The molecule has 2 N–H and O–H groups in total. The van der Waals surface area contributed by atoms with Crippen molar-refractivity contribution in [1.29, 1.82) is 0 Å². The second-order valence-electron chi connectivity index (χ2n) is 4.48. The number of hydrogen-bond acceptors (Lipinski definition) is 2. The Balaban J connectivity index is 2.48. The second kappa shape index (κ2) is 4.62. The van der Waals surface area contributed by atoms with Gasteiger partial charge in [0.15, 0.2) is 0 Å². The fraction of sp³-hybridized carbons (Fsp3) is 0.357. The first-order valence-electron chi connectivity index (χ1n) is 6.02. The van der Waals surface area contributed by atoms with Crippen LogP contribution in [0.4, 0.5) is 5.69 Å². The fourth-order valence-corrected chi connectivity index (χ4v) is 2.03. The first-order chi connectivity index (χ1) is 8.11. The van der Waals surface area contributed by atoms with Gasteiger partial charge in [0.25, 0.3) is 0 Å². The summed E-state index contributed by atoms with van der Waals surface area (Å²) < 4.78 is 1.99. The molecule has 90 valence electrons. The Kier molecular flexibility index (Phi) is 3.18. The fourth-order valence-electron chi connectivity index (χ4n) is 2.03. The van der Waals surface area contributed by atoms with Crippen LogP contribution in [-0.2, 0) is 6.54 Å². The summed E-state index contributed by atoms with van der Waals surface area (Å²) in [5.74, 6) is 0. The SMILES string of the molecule is CCCn1cc(-c2cc(C)ccc2N)c(C)n1. The van der Waals surface area contributed by atoms with Crippen molar-refractivity contribution in [3.63, 3.8) is 0 Å². The van der Waals surface area contributed by atoms with Crippen LogP contribution in [0.15, 0.2) is 24.4 Å². The quantitative estimate of drug-likeness (QED) is 0.822. The molecule has 0 aliphatic carbocycles. The van der Waals surface area contributed by atoms with Crippen LogP contribution in [0.3, 0.4) is 0 Å². The minimum Gasteiger partial charge on any atom is -0.398 e. The number of nitrogen functional groups attached to an aromatic ring is 1. The summed E-state index contributed by atoms with van der Waals surface area (Å²) in [6.45, 7) is 7.21. The molecule has 2 aromatic rings. The molecule has 3 heteroatoms. The van der Waals surface area contributed by atoms with Gasteiger partial charge in [0.05, 0.1) is 5.69 Å². The molecule has 2 rings (SSSR count). The molecular weight excluding hydrogens is 210 g/mol. The van der Waals surface area contributed by atoms with E-state index in [2.05, 4.69) is 31.2 Å². The summed E-state index contributed by atoms with van der Waals surface area (Å²) in [6, 6.07) is 6.11. The molecular formula is C14H19N3. The summed E-state index contributed by atoms with van der Waals surface area (Å²) in [5.41, 5.74) is 11.3. The standard InChI is InChI=1S/C14H19N3/c1-4-7-17-9-13(11(3)16-17)12-8-10(2)5-6-14(12)15/h5-6,8-9H,4,7,15H2,1-3H3. The molecule has 0 saturated carbocycles. The van der Waals surface area contributed by atoms with E-state index < -0.39 is 0 Å². The number of rotatable bonds is 3. The summed E-state index contributed by atoms with van der Waals surface area (Å²) in [4.78, 5) is 0. The van der Waals surface area contributed by atoms with Crippen molar-refractivity contribution in [1.82, 2.24) is 9.78 Å². The zero-order valence-electron chi connectivity index (χ0n) is 10.7. The summed E-state index contributed by atoms with van der Waals surface area (Å²) in [7, 11) is 0. The van der Waals surface area contributed by atoms with Crippen molar-refractivity contribution in [2.24, 2.45) is 0 Å². The molecule has 1 aromatic carbocycles. The smallest absolute Gasteiger partial charge is 0.0672 e. The van der Waals surface area contributed by atoms with Gasteiger partial charge < -0.3 is 5.73 Å². The van der Waals surface area contributed by atoms with Gasteiger partial charge in [-0.15, -0.1) is 0 Å². The second-order valence-corrected chi connectivity index (χ2v) is 4.48. The van der Waals surface area contributed by atoms with Gasteiger partial charge in [0.1, 0.15) is 0 Å². The van der Waals surface area contributed by atoms with Crippen LogP contribution in [0.25, 0.3) is 11.1 Å². The molecule has 0 saturated heterocycles. The maximum atomic E-state index is 6.04. The van der Waals surface area contributed by atoms with E-state index in [-0.39, 0.29) is 0 Å². The van der Waals surface area contributed by atoms with Crippen molar-refractivity contribution in [2.45, 2.75) is 33.7 Å². The third kappa shape index (κ3) is 2.33. The van der Waals surface area contributed by atoms with Crippen LogP contribution in [-0.4, -0.2) is 9.78 Å². The zero-order valence-corrected chi connectivity index (χ0v) is 10.7. The summed E-state index contributed by atoms with van der Waals surface area (Å²) >= 11 is 0. The molecule has 0 spiro atoms. The lowest BCUT2D eigenvalue weighted by molar-refractivity contribution is 0.598. The van der Waals surface area contributed by atoms with Crippen LogP contribution < -0.4 is 5.73 Å². The molecule has 0 unspecified atom stereocenters. The van der Waals surface area contributed by atoms with Crippen molar-refractivity contribution in [3.8, 4) is 11.1 Å². The highest BCUT2D eigenvalue weighted by molar-refractivity contribution is 5.77. The van der Waals surface area contributed by atoms with Gasteiger partial charge in [-0.05, 0) is 32.4 Å². The van der Waals surface area contributed by atoms with Gasteiger partial charge >= 0.3 is 0 Å². The third-order valence-electron chi connectivity index (χ3n) is 2.90. The van der Waals surface area contributed by atoms with Gasteiger partial charge in [-0.25, -0.2) is 0 Å². The highest BCUT2D eigenvalue weighted by Crippen LogP contribution is 2.29. The van der Waals surface area contributed by atoms with Crippen LogP contribution >= 0.6 is 0 Å². The zero-order chi connectivity index (χ0) is 12.4. The van der Waals surface area contributed by atoms with Crippen LogP contribution in [0.1, 0.15) is 24.6 Å². The highest BCUT2D eigenvalue weighted by atomic mass is 15.3. The van der Waals surface area contributed by atoms with Crippen molar-refractivity contribution >= 4 is 5.69 Å². The monoisotopic (exact) mass is 229 g/mol. The van der Waals surface area contributed by atoms with E-state index in [0.717, 1.165) is 35.5 Å². The lowest BCUT2D eigenvalue weighted by Gasteiger charge is -2.05. The van der Waals surface area contributed by atoms with Gasteiger partial charge in [0.2, 0.25) is 0 Å². The van der Waals surface area contributed by atoms with Crippen molar-refractivity contribution in [3.05, 3.63) is 35.7 Å². The van der Waals surface area contributed by atoms with E-state index in [0.29, 0.717) is 0 Å². The number of aromatic nitrogens is 2. The Morgan fingerprint density at radius 3 is 2.71 bits per heavy atom. The lowest BCUT2D eigenvalue weighted by atomic mass is 10.0. The maximum absolute atomic E-state index is 6.04. The van der Waals surface area contributed by atoms with Crippen LogP contribution in [0.2, 0.25) is 0 Å². The first kappa shape index (κ1) is 11.7. The summed E-state index contributed by atoms with van der Waals surface area (Å²) in [6.07, 6.45) is 3.17. The molecule has 0 bridgehead atoms. The molecule has 0 radical (unpaired) electrons. The topological polar surface area (TPSA) is 43.8 Å². The molecule has 1 aromatic heterocycles. The normalized spacial score (nSPS) is 10.8. The van der Waals surface area contributed by atoms with Crippen molar-refractivity contribution < 1.29 is 0 Å². The average molecular weight is 229 g/mol. The predicted molar refractivity (Wildman–Crippen MR) is 71.8 cm³/mol.